The maximum atomic E-state index is 6.53. The van der Waals surface area contributed by atoms with E-state index in [1.165, 1.54) is 20.7 Å². The van der Waals surface area contributed by atoms with Crippen LogP contribution in [0, 0.1) is 0 Å². The van der Waals surface area contributed by atoms with E-state index >= 15 is 0 Å². The van der Waals surface area contributed by atoms with Gasteiger partial charge in [-0.3, -0.25) is 0 Å². The lowest BCUT2D eigenvalue weighted by molar-refractivity contribution is 0.668. The van der Waals surface area contributed by atoms with Crippen molar-refractivity contribution in [3.8, 4) is 34.2 Å². The van der Waals surface area contributed by atoms with Crippen LogP contribution in [0.3, 0.4) is 0 Å². The van der Waals surface area contributed by atoms with Crippen LogP contribution in [0.25, 0.3) is 78.0 Å². The Morgan fingerprint density at radius 2 is 0.789 bits per heavy atom. The lowest BCUT2D eigenvalue weighted by Gasteiger charge is -2.35. The molecule has 0 unspecified atom stereocenters. The van der Waals surface area contributed by atoms with Crippen LogP contribution in [0.5, 0.6) is 0 Å². The minimum absolute atomic E-state index is 0.580. The first kappa shape index (κ1) is 33.0. The van der Waals surface area contributed by atoms with Gasteiger partial charge in [0.1, 0.15) is 22.3 Å². The van der Waals surface area contributed by atoms with E-state index in [-0.39, 0.29) is 0 Å². The number of rotatable bonds is 7. The van der Waals surface area contributed by atoms with Gasteiger partial charge in [-0.2, -0.15) is 0 Å². The monoisotopic (exact) mass is 747 g/mol. The summed E-state index contributed by atoms with van der Waals surface area (Å²) in [5, 5.41) is 9.41. The third-order valence-corrected chi connectivity index (χ3v) is 15.9. The van der Waals surface area contributed by atoms with Crippen LogP contribution >= 0.6 is 0 Å². The maximum Gasteiger partial charge on any atom is 0.180 e. The first-order valence-corrected chi connectivity index (χ1v) is 21.1. The van der Waals surface area contributed by atoms with Gasteiger partial charge in [0.15, 0.2) is 25.5 Å². The maximum absolute atomic E-state index is 6.53. The molecule has 0 saturated carbocycles. The topological polar surface area (TPSA) is 65.0 Å². The zero-order valence-electron chi connectivity index (χ0n) is 30.7. The summed E-state index contributed by atoms with van der Waals surface area (Å²) in [5.74, 6) is 1.78. The zero-order valence-corrected chi connectivity index (χ0v) is 31.7. The van der Waals surface area contributed by atoms with Crippen LogP contribution < -0.4 is 20.7 Å². The van der Waals surface area contributed by atoms with Crippen molar-refractivity contribution in [2.45, 2.75) is 0 Å². The number of para-hydroxylation sites is 2. The zero-order chi connectivity index (χ0) is 37.8. The molecule has 0 N–H and O–H groups in total. The first-order valence-electron chi connectivity index (χ1n) is 19.1. The van der Waals surface area contributed by atoms with Crippen LogP contribution in [-0.2, 0) is 0 Å². The molecule has 0 spiro atoms. The molecule has 57 heavy (non-hydrogen) atoms. The van der Waals surface area contributed by atoms with Gasteiger partial charge in [0, 0.05) is 38.2 Å². The van der Waals surface area contributed by atoms with E-state index < -0.39 is 8.07 Å². The lowest BCUT2D eigenvalue weighted by Crippen LogP contribution is -2.74. The van der Waals surface area contributed by atoms with Crippen LogP contribution in [0.2, 0.25) is 0 Å². The van der Waals surface area contributed by atoms with Crippen LogP contribution in [0.1, 0.15) is 0 Å². The average Bonchev–Trinajstić information content (AvgIpc) is 3.86. The second kappa shape index (κ2) is 13.4. The summed E-state index contributed by atoms with van der Waals surface area (Å²) in [7, 11) is -3.06. The SMILES string of the molecule is c1ccc(-c2nc(-c3cccc([Si](c4ccccc4)(c4ccccc4)c4cccc5oc6ccccc6c45)c3)nc(-c3ccc4c(c3)oc3ccccc34)n2)cc1. The Bertz CT molecular complexity index is 3210. The molecule has 0 radical (unpaired) electrons. The van der Waals surface area contributed by atoms with Crippen molar-refractivity contribution in [1.82, 2.24) is 15.0 Å². The molecule has 11 rings (SSSR count). The summed E-state index contributed by atoms with van der Waals surface area (Å²) in [6, 6.07) is 70.2. The van der Waals surface area contributed by atoms with Gasteiger partial charge < -0.3 is 8.83 Å². The van der Waals surface area contributed by atoms with E-state index in [1.54, 1.807) is 0 Å². The summed E-state index contributed by atoms with van der Waals surface area (Å²) in [5.41, 5.74) is 6.08. The molecule has 5 nitrogen and oxygen atoms in total. The number of nitrogens with zero attached hydrogens (tertiary/aromatic N) is 3. The van der Waals surface area contributed by atoms with E-state index in [9.17, 15) is 0 Å². The molecule has 0 bridgehead atoms. The van der Waals surface area contributed by atoms with Crippen molar-refractivity contribution in [3.63, 3.8) is 0 Å². The quantitative estimate of drug-likeness (QED) is 0.120. The van der Waals surface area contributed by atoms with Crippen molar-refractivity contribution in [3.05, 3.63) is 200 Å². The molecule has 11 aromatic rings. The molecule has 0 aliphatic rings. The lowest BCUT2D eigenvalue weighted by atomic mass is 10.1. The van der Waals surface area contributed by atoms with Crippen LogP contribution in [0.15, 0.2) is 209 Å². The molecule has 3 aromatic heterocycles. The Hall–Kier alpha value is -7.41. The fraction of sp³-hybridized carbons (Fsp3) is 0. The summed E-state index contributed by atoms with van der Waals surface area (Å²) in [6.07, 6.45) is 0. The molecule has 0 amide bonds. The van der Waals surface area contributed by atoms with Gasteiger partial charge in [0.05, 0.1) is 0 Å². The standard InChI is InChI=1S/C51H33N3O2Si/c1-4-16-34(17-5-1)49-52-50(54-51(53-49)36-30-31-41-40-24-10-12-26-43(40)56-46(41)33-36)35-18-14-23-39(32-35)57(37-19-6-2-7-20-37,38-21-8-3-9-22-38)47-29-15-28-45-48(47)42-25-11-13-27-44(42)55-45/h1-33H. The van der Waals surface area contributed by atoms with E-state index in [4.69, 9.17) is 23.8 Å². The van der Waals surface area contributed by atoms with Gasteiger partial charge in [-0.1, -0.05) is 170 Å². The molecule has 6 heteroatoms. The predicted molar refractivity (Wildman–Crippen MR) is 234 cm³/mol. The summed E-state index contributed by atoms with van der Waals surface area (Å²) < 4.78 is 12.8. The normalized spacial score (nSPS) is 11.9. The molecule has 268 valence electrons. The van der Waals surface area contributed by atoms with Crippen molar-refractivity contribution < 1.29 is 8.83 Å². The molecule has 0 saturated heterocycles. The number of aromatic nitrogens is 3. The summed E-state index contributed by atoms with van der Waals surface area (Å²) in [6.45, 7) is 0. The highest BCUT2D eigenvalue weighted by Gasteiger charge is 2.43. The second-order valence-corrected chi connectivity index (χ2v) is 18.1. The predicted octanol–water partition coefficient (Wildman–Crippen LogP) is 10.0. The van der Waals surface area contributed by atoms with E-state index in [1.807, 2.05) is 60.7 Å². The fourth-order valence-electron chi connectivity index (χ4n) is 8.54. The number of benzene rings is 8. The van der Waals surface area contributed by atoms with Crippen molar-refractivity contribution in [2.24, 2.45) is 0 Å². The van der Waals surface area contributed by atoms with Gasteiger partial charge in [-0.25, -0.2) is 15.0 Å². The minimum Gasteiger partial charge on any atom is -0.456 e. The Balaban J connectivity index is 1.17. The largest absolute Gasteiger partial charge is 0.456 e. The van der Waals surface area contributed by atoms with Gasteiger partial charge in [-0.05, 0) is 51.1 Å². The molecule has 8 aromatic carbocycles. The number of fused-ring (bicyclic) bond motifs is 6. The van der Waals surface area contributed by atoms with Crippen molar-refractivity contribution in [1.29, 1.82) is 0 Å². The second-order valence-electron chi connectivity index (χ2n) is 14.3. The molecular weight excluding hydrogens is 715 g/mol. The van der Waals surface area contributed by atoms with Crippen molar-refractivity contribution in [2.75, 3.05) is 0 Å². The molecule has 0 aliphatic heterocycles. The molecular formula is C51H33N3O2Si. The highest BCUT2D eigenvalue weighted by Crippen LogP contribution is 2.33. The Morgan fingerprint density at radius 3 is 1.49 bits per heavy atom. The van der Waals surface area contributed by atoms with Crippen LogP contribution in [0.4, 0.5) is 0 Å². The fourth-order valence-corrected chi connectivity index (χ4v) is 13.6. The highest BCUT2D eigenvalue weighted by atomic mass is 28.3. The third-order valence-electron chi connectivity index (χ3n) is 11.1. The van der Waals surface area contributed by atoms with E-state index in [0.717, 1.165) is 60.6 Å². The highest BCUT2D eigenvalue weighted by molar-refractivity contribution is 7.20. The van der Waals surface area contributed by atoms with Gasteiger partial charge >= 0.3 is 0 Å². The van der Waals surface area contributed by atoms with Crippen molar-refractivity contribution >= 4 is 72.7 Å². The van der Waals surface area contributed by atoms with Gasteiger partial charge in [-0.15, -0.1) is 0 Å². The number of hydrogen-bond acceptors (Lipinski definition) is 5. The van der Waals surface area contributed by atoms with E-state index in [0.29, 0.717) is 17.5 Å². The number of furan rings is 2. The summed E-state index contributed by atoms with van der Waals surface area (Å²) in [4.78, 5) is 15.5. The molecule has 0 fully saturated rings. The molecule has 3 heterocycles. The Kier molecular flexibility index (Phi) is 7.76. The first-order chi connectivity index (χ1) is 28.2. The van der Waals surface area contributed by atoms with Crippen LogP contribution in [-0.4, -0.2) is 23.0 Å². The minimum atomic E-state index is -3.06. The molecule has 0 atom stereocenters. The third kappa shape index (κ3) is 5.41. The number of hydrogen-bond donors (Lipinski definition) is 0. The van der Waals surface area contributed by atoms with Gasteiger partial charge in [0.25, 0.3) is 0 Å². The van der Waals surface area contributed by atoms with Gasteiger partial charge in [0.2, 0.25) is 0 Å². The van der Waals surface area contributed by atoms with E-state index in [2.05, 4.69) is 140 Å². The molecule has 0 aliphatic carbocycles. The smallest absolute Gasteiger partial charge is 0.180 e. The Labute approximate surface area is 329 Å². The Morgan fingerprint density at radius 1 is 0.316 bits per heavy atom. The summed E-state index contributed by atoms with van der Waals surface area (Å²) >= 11 is 0. The average molecular weight is 748 g/mol.